The van der Waals surface area contributed by atoms with Crippen molar-refractivity contribution in [2.45, 2.75) is 72.3 Å². The van der Waals surface area contributed by atoms with Gasteiger partial charge in [-0.2, -0.15) is 0 Å². The summed E-state index contributed by atoms with van der Waals surface area (Å²) in [6, 6.07) is 11.1. The fourth-order valence-corrected chi connectivity index (χ4v) is 6.19. The molecule has 3 aromatic rings. The molecule has 31 heavy (non-hydrogen) atoms. The molecule has 2 aliphatic rings. The normalized spacial score (nSPS) is 20.5. The first kappa shape index (κ1) is 20.6. The SMILES string of the molecule is Cc1cccc(Cn2c(C)c(C)c3ccnc(N4CCCC(C5CCCCC5)C4)c32)c1. The predicted octanol–water partition coefficient (Wildman–Crippen LogP) is 6.81. The first-order chi connectivity index (χ1) is 15.1. The van der Waals surface area contributed by atoms with Gasteiger partial charge in [0.25, 0.3) is 0 Å². The van der Waals surface area contributed by atoms with Gasteiger partial charge in [-0.3, -0.25) is 0 Å². The number of aromatic nitrogens is 2. The number of anilines is 1. The summed E-state index contributed by atoms with van der Waals surface area (Å²) in [5.41, 5.74) is 6.80. The Morgan fingerprint density at radius 1 is 0.935 bits per heavy atom. The Morgan fingerprint density at radius 2 is 1.74 bits per heavy atom. The van der Waals surface area contributed by atoms with Gasteiger partial charge in [-0.1, -0.05) is 61.9 Å². The van der Waals surface area contributed by atoms with Crippen molar-refractivity contribution in [1.82, 2.24) is 9.55 Å². The Bertz CT molecular complexity index is 1060. The molecular weight excluding hydrogens is 378 g/mol. The Balaban J connectivity index is 1.52. The summed E-state index contributed by atoms with van der Waals surface area (Å²) in [5, 5.41) is 1.37. The average Bonchev–Trinajstić information content (AvgIpc) is 3.05. The molecule has 0 amide bonds. The molecule has 3 nitrogen and oxygen atoms in total. The quantitative estimate of drug-likeness (QED) is 0.467. The third-order valence-corrected chi connectivity index (χ3v) is 8.02. The highest BCUT2D eigenvalue weighted by Crippen LogP contribution is 2.38. The highest BCUT2D eigenvalue weighted by molar-refractivity contribution is 5.93. The van der Waals surface area contributed by atoms with Gasteiger partial charge in [-0.05, 0) is 62.6 Å². The van der Waals surface area contributed by atoms with E-state index in [1.54, 1.807) is 0 Å². The van der Waals surface area contributed by atoms with E-state index in [9.17, 15) is 0 Å². The van der Waals surface area contributed by atoms with Crippen LogP contribution >= 0.6 is 0 Å². The van der Waals surface area contributed by atoms with Crippen LogP contribution in [0.4, 0.5) is 5.82 Å². The van der Waals surface area contributed by atoms with Crippen LogP contribution in [0.25, 0.3) is 10.9 Å². The van der Waals surface area contributed by atoms with E-state index in [1.165, 1.54) is 90.6 Å². The number of rotatable bonds is 4. The van der Waals surface area contributed by atoms with Crippen LogP contribution in [-0.2, 0) is 6.54 Å². The first-order valence-corrected chi connectivity index (χ1v) is 12.4. The lowest BCUT2D eigenvalue weighted by Crippen LogP contribution is -2.39. The molecule has 1 aliphatic heterocycles. The molecule has 1 saturated carbocycles. The third kappa shape index (κ3) is 4.00. The highest BCUT2D eigenvalue weighted by Gasteiger charge is 2.30. The van der Waals surface area contributed by atoms with Crippen molar-refractivity contribution in [3.05, 3.63) is 58.9 Å². The van der Waals surface area contributed by atoms with Crippen molar-refractivity contribution in [2.75, 3.05) is 18.0 Å². The van der Waals surface area contributed by atoms with E-state index >= 15 is 0 Å². The van der Waals surface area contributed by atoms with Gasteiger partial charge < -0.3 is 9.47 Å². The molecule has 1 aromatic carbocycles. The van der Waals surface area contributed by atoms with Gasteiger partial charge in [0.15, 0.2) is 5.82 Å². The maximum Gasteiger partial charge on any atom is 0.153 e. The molecule has 2 fully saturated rings. The molecule has 0 N–H and O–H groups in total. The topological polar surface area (TPSA) is 21.1 Å². The third-order valence-electron chi connectivity index (χ3n) is 8.02. The minimum atomic E-state index is 0.841. The van der Waals surface area contributed by atoms with Crippen molar-refractivity contribution in [3.8, 4) is 0 Å². The lowest BCUT2D eigenvalue weighted by molar-refractivity contribution is 0.220. The summed E-state index contributed by atoms with van der Waals surface area (Å²) in [6.07, 6.45) is 11.9. The monoisotopic (exact) mass is 415 g/mol. The standard InChI is InChI=1S/C28H37N3/c1-20-9-7-10-23(17-20)18-31-22(3)21(2)26-14-15-29-28(27(26)31)30-16-8-13-25(19-30)24-11-5-4-6-12-24/h7,9-10,14-15,17,24-25H,4-6,8,11-13,16,18-19H2,1-3H3. The van der Waals surface area contributed by atoms with Crippen LogP contribution in [-0.4, -0.2) is 22.6 Å². The Labute approximate surface area is 187 Å². The Morgan fingerprint density at radius 3 is 2.55 bits per heavy atom. The minimum absolute atomic E-state index is 0.841. The molecule has 1 saturated heterocycles. The molecule has 0 spiro atoms. The molecule has 2 aromatic heterocycles. The molecule has 0 bridgehead atoms. The number of piperidine rings is 1. The summed E-state index contributed by atoms with van der Waals surface area (Å²) in [4.78, 5) is 7.61. The van der Waals surface area contributed by atoms with Crippen LogP contribution < -0.4 is 4.90 Å². The second-order valence-corrected chi connectivity index (χ2v) is 10.1. The average molecular weight is 416 g/mol. The number of benzene rings is 1. The Kier molecular flexibility index (Phi) is 5.77. The molecular formula is C28H37N3. The minimum Gasteiger partial charge on any atom is -0.355 e. The summed E-state index contributed by atoms with van der Waals surface area (Å²) in [6.45, 7) is 9.97. The smallest absolute Gasteiger partial charge is 0.153 e. The lowest BCUT2D eigenvalue weighted by Gasteiger charge is -2.39. The van der Waals surface area contributed by atoms with Crippen LogP contribution in [0.5, 0.6) is 0 Å². The van der Waals surface area contributed by atoms with Crippen molar-refractivity contribution < 1.29 is 0 Å². The van der Waals surface area contributed by atoms with Crippen LogP contribution in [0.3, 0.4) is 0 Å². The summed E-state index contributed by atoms with van der Waals surface area (Å²) in [7, 11) is 0. The van der Waals surface area contributed by atoms with E-state index in [2.05, 4.69) is 60.6 Å². The lowest BCUT2D eigenvalue weighted by atomic mass is 9.76. The van der Waals surface area contributed by atoms with Crippen molar-refractivity contribution in [2.24, 2.45) is 11.8 Å². The number of hydrogen-bond acceptors (Lipinski definition) is 2. The molecule has 5 rings (SSSR count). The van der Waals surface area contributed by atoms with Gasteiger partial charge in [-0.25, -0.2) is 4.98 Å². The van der Waals surface area contributed by atoms with E-state index < -0.39 is 0 Å². The fraction of sp³-hybridized carbons (Fsp3) is 0.536. The maximum atomic E-state index is 4.99. The van der Waals surface area contributed by atoms with Gasteiger partial charge >= 0.3 is 0 Å². The summed E-state index contributed by atoms with van der Waals surface area (Å²) in [5.74, 6) is 2.98. The number of aryl methyl sites for hydroxylation is 2. The zero-order valence-electron chi connectivity index (χ0n) is 19.5. The van der Waals surface area contributed by atoms with E-state index in [-0.39, 0.29) is 0 Å². The van der Waals surface area contributed by atoms with Crippen molar-refractivity contribution in [1.29, 1.82) is 0 Å². The zero-order chi connectivity index (χ0) is 21.4. The van der Waals surface area contributed by atoms with Crippen LogP contribution in [0.2, 0.25) is 0 Å². The number of fused-ring (bicyclic) bond motifs is 1. The zero-order valence-corrected chi connectivity index (χ0v) is 19.5. The van der Waals surface area contributed by atoms with Gasteiger partial charge in [-0.15, -0.1) is 0 Å². The highest BCUT2D eigenvalue weighted by atomic mass is 15.2. The second kappa shape index (κ2) is 8.68. The van der Waals surface area contributed by atoms with Gasteiger partial charge in [0.05, 0.1) is 5.52 Å². The van der Waals surface area contributed by atoms with E-state index in [1.807, 2.05) is 6.20 Å². The number of hydrogen-bond donors (Lipinski definition) is 0. The van der Waals surface area contributed by atoms with Gasteiger partial charge in [0.2, 0.25) is 0 Å². The van der Waals surface area contributed by atoms with Crippen LogP contribution in [0, 0.1) is 32.6 Å². The van der Waals surface area contributed by atoms with E-state index in [0.29, 0.717) is 0 Å². The van der Waals surface area contributed by atoms with Crippen LogP contribution in [0.1, 0.15) is 67.3 Å². The maximum absolute atomic E-state index is 4.99. The summed E-state index contributed by atoms with van der Waals surface area (Å²) < 4.78 is 2.52. The number of pyridine rings is 1. The van der Waals surface area contributed by atoms with Crippen LogP contribution in [0.15, 0.2) is 36.5 Å². The largest absolute Gasteiger partial charge is 0.355 e. The van der Waals surface area contributed by atoms with E-state index in [0.717, 1.165) is 24.9 Å². The number of nitrogens with zero attached hydrogens (tertiary/aromatic N) is 3. The molecule has 3 heteroatoms. The van der Waals surface area contributed by atoms with E-state index in [4.69, 9.17) is 4.98 Å². The second-order valence-electron chi connectivity index (χ2n) is 10.1. The fourth-order valence-electron chi connectivity index (χ4n) is 6.19. The molecule has 164 valence electrons. The molecule has 3 heterocycles. The summed E-state index contributed by atoms with van der Waals surface area (Å²) >= 11 is 0. The molecule has 1 atom stereocenters. The Hall–Kier alpha value is -2.29. The van der Waals surface area contributed by atoms with Crippen molar-refractivity contribution in [3.63, 3.8) is 0 Å². The predicted molar refractivity (Wildman–Crippen MR) is 131 cm³/mol. The molecule has 1 unspecified atom stereocenters. The molecule has 0 radical (unpaired) electrons. The van der Waals surface area contributed by atoms with Gasteiger partial charge in [0.1, 0.15) is 0 Å². The first-order valence-electron chi connectivity index (χ1n) is 12.4. The van der Waals surface area contributed by atoms with Crippen molar-refractivity contribution >= 4 is 16.7 Å². The van der Waals surface area contributed by atoms with Gasteiger partial charge in [0, 0.05) is 36.9 Å². The molecule has 1 aliphatic carbocycles.